The molecule has 2 unspecified atom stereocenters. The van der Waals surface area contributed by atoms with E-state index in [4.69, 9.17) is 11.6 Å². The van der Waals surface area contributed by atoms with Gasteiger partial charge in [-0.25, -0.2) is 4.68 Å². The zero-order chi connectivity index (χ0) is 16.4. The maximum Gasteiger partial charge on any atom is 0.137 e. The number of para-hydroxylation sites is 1. The van der Waals surface area contributed by atoms with E-state index in [1.165, 1.54) is 0 Å². The second kappa shape index (κ2) is 7.04. The molecule has 124 valence electrons. The highest BCUT2D eigenvalue weighted by Crippen LogP contribution is 2.27. The number of aryl methyl sites for hydroxylation is 1. The summed E-state index contributed by atoms with van der Waals surface area (Å²) in [6, 6.07) is 9.97. The lowest BCUT2D eigenvalue weighted by Crippen LogP contribution is -2.39. The Morgan fingerprint density at radius 1 is 1.35 bits per heavy atom. The average Bonchev–Trinajstić information content (AvgIpc) is 2.84. The number of hydrogen-bond donors (Lipinski definition) is 1. The Labute approximate surface area is 142 Å². The van der Waals surface area contributed by atoms with Crippen molar-refractivity contribution in [2.24, 2.45) is 5.92 Å². The average molecular weight is 334 g/mol. The van der Waals surface area contributed by atoms with Crippen LogP contribution in [0.5, 0.6) is 0 Å². The van der Waals surface area contributed by atoms with E-state index >= 15 is 0 Å². The first-order chi connectivity index (χ1) is 11.1. The molecule has 4 nitrogen and oxygen atoms in total. The summed E-state index contributed by atoms with van der Waals surface area (Å²) >= 11 is 6.61. The molecular weight excluding hydrogens is 310 g/mol. The van der Waals surface area contributed by atoms with Crippen LogP contribution < -0.4 is 0 Å². The maximum atomic E-state index is 9.85. The monoisotopic (exact) mass is 333 g/mol. The molecule has 1 aliphatic heterocycles. The van der Waals surface area contributed by atoms with Crippen LogP contribution >= 0.6 is 11.6 Å². The number of halogens is 1. The van der Waals surface area contributed by atoms with Crippen molar-refractivity contribution in [3.8, 4) is 5.69 Å². The van der Waals surface area contributed by atoms with Crippen molar-refractivity contribution < 1.29 is 5.11 Å². The summed E-state index contributed by atoms with van der Waals surface area (Å²) in [5, 5.41) is 15.2. The SMILES string of the molecule is Cc1nn(-c2ccccc2)c(Cl)c1CN1CCCC(C(C)O)C1. The highest BCUT2D eigenvalue weighted by Gasteiger charge is 2.25. The van der Waals surface area contributed by atoms with Crippen LogP contribution in [0, 0.1) is 12.8 Å². The number of piperidine rings is 1. The van der Waals surface area contributed by atoms with E-state index in [1.807, 2.05) is 48.9 Å². The molecule has 23 heavy (non-hydrogen) atoms. The van der Waals surface area contributed by atoms with Gasteiger partial charge in [0.05, 0.1) is 17.5 Å². The van der Waals surface area contributed by atoms with Gasteiger partial charge in [0.15, 0.2) is 0 Å². The summed E-state index contributed by atoms with van der Waals surface area (Å²) in [6.45, 7) is 6.66. The molecule has 1 saturated heterocycles. The Bertz CT molecular complexity index is 654. The summed E-state index contributed by atoms with van der Waals surface area (Å²) < 4.78 is 1.81. The fourth-order valence-corrected chi connectivity index (χ4v) is 3.64. The molecule has 3 rings (SSSR count). The van der Waals surface area contributed by atoms with Crippen molar-refractivity contribution in [1.82, 2.24) is 14.7 Å². The van der Waals surface area contributed by atoms with Crippen molar-refractivity contribution in [3.63, 3.8) is 0 Å². The maximum absolute atomic E-state index is 9.85. The minimum absolute atomic E-state index is 0.249. The van der Waals surface area contributed by atoms with Crippen molar-refractivity contribution in [2.75, 3.05) is 13.1 Å². The topological polar surface area (TPSA) is 41.3 Å². The molecule has 0 radical (unpaired) electrons. The first kappa shape index (κ1) is 16.5. The van der Waals surface area contributed by atoms with Crippen molar-refractivity contribution in [3.05, 3.63) is 46.7 Å². The van der Waals surface area contributed by atoms with E-state index in [0.717, 1.165) is 49.4 Å². The molecule has 0 saturated carbocycles. The second-order valence-corrected chi connectivity index (χ2v) is 6.84. The highest BCUT2D eigenvalue weighted by molar-refractivity contribution is 6.30. The van der Waals surface area contributed by atoms with Gasteiger partial charge in [-0.1, -0.05) is 29.8 Å². The van der Waals surface area contributed by atoms with Crippen LogP contribution in [0.2, 0.25) is 5.15 Å². The first-order valence-corrected chi connectivity index (χ1v) is 8.64. The van der Waals surface area contributed by atoms with Gasteiger partial charge in [-0.05, 0) is 51.3 Å². The van der Waals surface area contributed by atoms with Gasteiger partial charge in [0.2, 0.25) is 0 Å². The number of benzene rings is 1. The van der Waals surface area contributed by atoms with Gasteiger partial charge >= 0.3 is 0 Å². The van der Waals surface area contributed by atoms with E-state index in [1.54, 1.807) is 0 Å². The van der Waals surface area contributed by atoms with Crippen LogP contribution in [0.4, 0.5) is 0 Å². The summed E-state index contributed by atoms with van der Waals surface area (Å²) in [6.07, 6.45) is 1.98. The molecule has 1 N–H and O–H groups in total. The van der Waals surface area contributed by atoms with E-state index in [9.17, 15) is 5.11 Å². The molecular formula is C18H24ClN3O. The first-order valence-electron chi connectivity index (χ1n) is 8.26. The Hall–Kier alpha value is -1.36. The fraction of sp³-hybridized carbons (Fsp3) is 0.500. The van der Waals surface area contributed by atoms with Gasteiger partial charge in [-0.15, -0.1) is 0 Å². The molecule has 0 bridgehead atoms. The third-order valence-electron chi connectivity index (χ3n) is 4.73. The summed E-state index contributed by atoms with van der Waals surface area (Å²) in [7, 11) is 0. The van der Waals surface area contributed by atoms with Crippen molar-refractivity contribution in [2.45, 2.75) is 39.3 Å². The molecule has 2 aromatic rings. The van der Waals surface area contributed by atoms with Gasteiger partial charge in [0.1, 0.15) is 5.15 Å². The lowest BCUT2D eigenvalue weighted by atomic mass is 9.93. The van der Waals surface area contributed by atoms with Crippen LogP contribution in [0.3, 0.4) is 0 Å². The number of aliphatic hydroxyl groups is 1. The molecule has 0 spiro atoms. The Balaban J connectivity index is 1.80. The van der Waals surface area contributed by atoms with Crippen LogP contribution in [0.25, 0.3) is 5.69 Å². The lowest BCUT2D eigenvalue weighted by Gasteiger charge is -2.34. The predicted octanol–water partition coefficient (Wildman–Crippen LogP) is 3.43. The molecule has 5 heteroatoms. The number of aliphatic hydroxyl groups excluding tert-OH is 1. The molecule has 0 amide bonds. The quantitative estimate of drug-likeness (QED) is 0.932. The molecule has 1 aliphatic rings. The standard InChI is InChI=1S/C18H24ClN3O/c1-13-17(12-21-10-6-7-15(11-21)14(2)23)18(19)22(20-13)16-8-4-3-5-9-16/h3-5,8-9,14-15,23H,6-7,10-12H2,1-2H3. The second-order valence-electron chi connectivity index (χ2n) is 6.48. The zero-order valence-electron chi connectivity index (χ0n) is 13.7. The van der Waals surface area contributed by atoms with E-state index < -0.39 is 0 Å². The molecule has 0 aliphatic carbocycles. The van der Waals surface area contributed by atoms with Gasteiger partial charge in [0, 0.05) is 18.7 Å². The number of rotatable bonds is 4. The Morgan fingerprint density at radius 2 is 2.09 bits per heavy atom. The van der Waals surface area contributed by atoms with Crippen LogP contribution in [0.1, 0.15) is 31.0 Å². The van der Waals surface area contributed by atoms with Crippen LogP contribution in [-0.2, 0) is 6.54 Å². The van der Waals surface area contributed by atoms with Crippen LogP contribution in [-0.4, -0.2) is 39.0 Å². The molecule has 2 atom stereocenters. The van der Waals surface area contributed by atoms with Gasteiger partial charge in [-0.3, -0.25) is 4.90 Å². The van der Waals surface area contributed by atoms with Crippen LogP contribution in [0.15, 0.2) is 30.3 Å². The number of likely N-dealkylation sites (tertiary alicyclic amines) is 1. The molecule has 1 aromatic heterocycles. The Morgan fingerprint density at radius 3 is 2.78 bits per heavy atom. The summed E-state index contributed by atoms with van der Waals surface area (Å²) in [4.78, 5) is 2.38. The summed E-state index contributed by atoms with van der Waals surface area (Å²) in [5.41, 5.74) is 3.03. The van der Waals surface area contributed by atoms with E-state index in [-0.39, 0.29) is 6.10 Å². The largest absolute Gasteiger partial charge is 0.393 e. The lowest BCUT2D eigenvalue weighted by molar-refractivity contribution is 0.0598. The van der Waals surface area contributed by atoms with E-state index in [0.29, 0.717) is 11.1 Å². The number of hydrogen-bond acceptors (Lipinski definition) is 3. The van der Waals surface area contributed by atoms with E-state index in [2.05, 4.69) is 10.00 Å². The predicted molar refractivity (Wildman–Crippen MR) is 93.0 cm³/mol. The smallest absolute Gasteiger partial charge is 0.137 e. The fourth-order valence-electron chi connectivity index (χ4n) is 3.30. The molecule has 1 aromatic carbocycles. The minimum atomic E-state index is -0.249. The van der Waals surface area contributed by atoms with Gasteiger partial charge < -0.3 is 5.11 Å². The molecule has 2 heterocycles. The van der Waals surface area contributed by atoms with Crippen molar-refractivity contribution in [1.29, 1.82) is 0 Å². The molecule has 1 fully saturated rings. The van der Waals surface area contributed by atoms with Crippen molar-refractivity contribution >= 4 is 11.6 Å². The number of aromatic nitrogens is 2. The highest BCUT2D eigenvalue weighted by atomic mass is 35.5. The summed E-state index contributed by atoms with van der Waals surface area (Å²) in [5.74, 6) is 0.354. The zero-order valence-corrected chi connectivity index (χ0v) is 14.5. The third-order valence-corrected chi connectivity index (χ3v) is 5.12. The number of nitrogens with zero attached hydrogens (tertiary/aromatic N) is 3. The Kier molecular flexibility index (Phi) is 5.05. The van der Waals surface area contributed by atoms with Gasteiger partial charge in [0.25, 0.3) is 0 Å². The van der Waals surface area contributed by atoms with Gasteiger partial charge in [-0.2, -0.15) is 5.10 Å². The normalized spacial score (nSPS) is 20.6. The third kappa shape index (κ3) is 3.60. The minimum Gasteiger partial charge on any atom is -0.393 e.